The van der Waals surface area contributed by atoms with Gasteiger partial charge in [0.1, 0.15) is 0 Å². The maximum Gasteiger partial charge on any atom is 0.339 e. The highest BCUT2D eigenvalue weighted by atomic mass is 16.6. The predicted octanol–water partition coefficient (Wildman–Crippen LogP) is 3.71. The molecule has 6 heteroatoms. The summed E-state index contributed by atoms with van der Waals surface area (Å²) in [5.74, 6) is -1.29. The number of carbonyl (C=O) groups excluding carboxylic acids is 3. The molecule has 28 heavy (non-hydrogen) atoms. The first-order chi connectivity index (χ1) is 13.2. The number of amides is 1. The summed E-state index contributed by atoms with van der Waals surface area (Å²) in [4.78, 5) is 37.4. The first-order valence-electron chi connectivity index (χ1n) is 9.10. The zero-order valence-electron chi connectivity index (χ0n) is 16.4. The van der Waals surface area contributed by atoms with E-state index in [0.29, 0.717) is 17.2 Å². The molecule has 1 heterocycles. The van der Waals surface area contributed by atoms with E-state index in [1.54, 1.807) is 37.3 Å². The van der Waals surface area contributed by atoms with Gasteiger partial charge in [0.05, 0.1) is 23.9 Å². The summed E-state index contributed by atoms with van der Waals surface area (Å²) in [6.07, 6.45) is 0.251. The first kappa shape index (κ1) is 19.6. The normalized spacial score (nSPS) is 18.2. The smallest absolute Gasteiger partial charge is 0.339 e. The lowest BCUT2D eigenvalue weighted by Gasteiger charge is -2.33. The molecule has 0 bridgehead atoms. The lowest BCUT2D eigenvalue weighted by Crippen LogP contribution is -2.49. The Labute approximate surface area is 163 Å². The summed E-state index contributed by atoms with van der Waals surface area (Å²) in [6, 6.07) is 12.1. The van der Waals surface area contributed by atoms with E-state index in [4.69, 9.17) is 9.47 Å². The van der Waals surface area contributed by atoms with Gasteiger partial charge in [0.25, 0.3) is 5.91 Å². The highest BCUT2D eigenvalue weighted by Gasteiger charge is 2.43. The predicted molar refractivity (Wildman–Crippen MR) is 104 cm³/mol. The van der Waals surface area contributed by atoms with Gasteiger partial charge in [-0.05, 0) is 42.2 Å². The highest BCUT2D eigenvalue weighted by Crippen LogP contribution is 2.32. The molecule has 0 aromatic heterocycles. The van der Waals surface area contributed by atoms with Crippen molar-refractivity contribution < 1.29 is 23.9 Å². The number of nitrogens with one attached hydrogen (secondary N) is 1. The van der Waals surface area contributed by atoms with Crippen molar-refractivity contribution in [2.45, 2.75) is 38.7 Å². The molecule has 0 saturated heterocycles. The van der Waals surface area contributed by atoms with Crippen molar-refractivity contribution in [2.24, 2.45) is 0 Å². The molecular weight excluding hydrogens is 358 g/mol. The van der Waals surface area contributed by atoms with Gasteiger partial charge < -0.3 is 14.8 Å². The molecule has 0 radical (unpaired) electrons. The van der Waals surface area contributed by atoms with Crippen molar-refractivity contribution in [3.05, 3.63) is 64.7 Å². The van der Waals surface area contributed by atoms with Crippen LogP contribution in [0.4, 0.5) is 5.69 Å². The standard InChI is InChI=1S/C22H23NO5/c1-13(2)14-9-10-16-15(11-14)12-22(3,28-20(16)25)21(26)23-18-8-6-5-7-17(18)19(24)27-4/h5-11,13H,12H2,1-4H3,(H,23,26). The number of cyclic esters (lactones) is 1. The Morgan fingerprint density at radius 2 is 1.89 bits per heavy atom. The highest BCUT2D eigenvalue weighted by molar-refractivity contribution is 6.06. The summed E-state index contributed by atoms with van der Waals surface area (Å²) >= 11 is 0. The maximum absolute atomic E-state index is 13.0. The number of ether oxygens (including phenoxy) is 2. The average Bonchev–Trinajstić information content (AvgIpc) is 2.67. The molecule has 1 unspecified atom stereocenters. The van der Waals surface area contributed by atoms with E-state index in [9.17, 15) is 14.4 Å². The molecule has 2 aromatic rings. The maximum atomic E-state index is 13.0. The van der Waals surface area contributed by atoms with Gasteiger partial charge in [-0.3, -0.25) is 4.79 Å². The molecule has 0 fully saturated rings. The second-order valence-corrected chi connectivity index (χ2v) is 7.36. The van der Waals surface area contributed by atoms with Gasteiger partial charge >= 0.3 is 11.9 Å². The number of fused-ring (bicyclic) bond motifs is 1. The lowest BCUT2D eigenvalue weighted by atomic mass is 9.86. The third-order valence-electron chi connectivity index (χ3n) is 4.92. The summed E-state index contributed by atoms with van der Waals surface area (Å²) in [6.45, 7) is 5.71. The van der Waals surface area contributed by atoms with Crippen LogP contribution in [-0.4, -0.2) is 30.6 Å². The minimum Gasteiger partial charge on any atom is -0.465 e. The quantitative estimate of drug-likeness (QED) is 0.817. The fourth-order valence-electron chi connectivity index (χ4n) is 3.24. The number of esters is 2. The number of anilines is 1. The Hall–Kier alpha value is -3.15. The molecule has 0 spiro atoms. The average molecular weight is 381 g/mol. The molecule has 1 aliphatic rings. The Balaban J connectivity index is 1.90. The van der Waals surface area contributed by atoms with Gasteiger partial charge in [-0.2, -0.15) is 0 Å². The van der Waals surface area contributed by atoms with Crippen molar-refractivity contribution in [3.8, 4) is 0 Å². The molecule has 1 amide bonds. The van der Waals surface area contributed by atoms with Crippen molar-refractivity contribution in [2.75, 3.05) is 12.4 Å². The number of methoxy groups -OCH3 is 1. The second kappa shape index (κ2) is 7.46. The SMILES string of the molecule is COC(=O)c1ccccc1NC(=O)C1(C)Cc2cc(C(C)C)ccc2C(=O)O1. The zero-order valence-corrected chi connectivity index (χ0v) is 16.4. The van der Waals surface area contributed by atoms with Crippen LogP contribution in [0.2, 0.25) is 0 Å². The third-order valence-corrected chi connectivity index (χ3v) is 4.92. The molecule has 2 aromatic carbocycles. The largest absolute Gasteiger partial charge is 0.465 e. The number of para-hydroxylation sites is 1. The first-order valence-corrected chi connectivity index (χ1v) is 9.10. The van der Waals surface area contributed by atoms with Crippen LogP contribution in [0, 0.1) is 0 Å². The van der Waals surface area contributed by atoms with Crippen LogP contribution in [-0.2, 0) is 20.7 Å². The topological polar surface area (TPSA) is 81.7 Å². The molecule has 0 saturated carbocycles. The van der Waals surface area contributed by atoms with E-state index in [1.807, 2.05) is 12.1 Å². The van der Waals surface area contributed by atoms with Crippen LogP contribution in [0.25, 0.3) is 0 Å². The van der Waals surface area contributed by atoms with Crippen LogP contribution >= 0.6 is 0 Å². The van der Waals surface area contributed by atoms with Crippen LogP contribution in [0.5, 0.6) is 0 Å². The van der Waals surface area contributed by atoms with Crippen molar-refractivity contribution in [1.29, 1.82) is 0 Å². The Bertz CT molecular complexity index is 950. The van der Waals surface area contributed by atoms with Gasteiger partial charge in [-0.15, -0.1) is 0 Å². The van der Waals surface area contributed by atoms with E-state index < -0.39 is 23.4 Å². The van der Waals surface area contributed by atoms with Crippen molar-refractivity contribution >= 4 is 23.5 Å². The van der Waals surface area contributed by atoms with Crippen LogP contribution in [0.1, 0.15) is 58.5 Å². The van der Waals surface area contributed by atoms with E-state index in [-0.39, 0.29) is 12.0 Å². The fourth-order valence-corrected chi connectivity index (χ4v) is 3.24. The van der Waals surface area contributed by atoms with Gasteiger partial charge in [-0.1, -0.05) is 38.1 Å². The number of hydrogen-bond donors (Lipinski definition) is 1. The number of rotatable bonds is 4. The molecule has 0 aliphatic carbocycles. The van der Waals surface area contributed by atoms with Crippen LogP contribution in [0.3, 0.4) is 0 Å². The minimum absolute atomic E-state index is 0.228. The fraction of sp³-hybridized carbons (Fsp3) is 0.318. The molecule has 3 rings (SSSR count). The van der Waals surface area contributed by atoms with E-state index in [2.05, 4.69) is 19.2 Å². The molecule has 1 aliphatic heterocycles. The second-order valence-electron chi connectivity index (χ2n) is 7.36. The Morgan fingerprint density at radius 3 is 2.57 bits per heavy atom. The monoisotopic (exact) mass is 381 g/mol. The lowest BCUT2D eigenvalue weighted by molar-refractivity contribution is -0.134. The third kappa shape index (κ3) is 3.63. The van der Waals surface area contributed by atoms with E-state index in [1.165, 1.54) is 7.11 Å². The molecule has 1 atom stereocenters. The van der Waals surface area contributed by atoms with Crippen molar-refractivity contribution in [1.82, 2.24) is 0 Å². The molecule has 146 valence electrons. The zero-order chi connectivity index (χ0) is 20.5. The summed E-state index contributed by atoms with van der Waals surface area (Å²) < 4.78 is 10.2. The summed E-state index contributed by atoms with van der Waals surface area (Å²) in [5.41, 5.74) is 1.49. The van der Waals surface area contributed by atoms with Crippen LogP contribution in [0.15, 0.2) is 42.5 Å². The van der Waals surface area contributed by atoms with Crippen LogP contribution < -0.4 is 5.32 Å². The summed E-state index contributed by atoms with van der Waals surface area (Å²) in [7, 11) is 1.27. The van der Waals surface area contributed by atoms with Gasteiger partial charge in [-0.25, -0.2) is 9.59 Å². The van der Waals surface area contributed by atoms with E-state index in [0.717, 1.165) is 11.1 Å². The number of hydrogen-bond acceptors (Lipinski definition) is 5. The molecule has 6 nitrogen and oxygen atoms in total. The number of benzene rings is 2. The number of carbonyl (C=O) groups is 3. The van der Waals surface area contributed by atoms with Gasteiger partial charge in [0.2, 0.25) is 0 Å². The molecule has 1 N–H and O–H groups in total. The minimum atomic E-state index is -1.39. The van der Waals surface area contributed by atoms with E-state index >= 15 is 0 Å². The Morgan fingerprint density at radius 1 is 1.18 bits per heavy atom. The Kier molecular flexibility index (Phi) is 5.23. The van der Waals surface area contributed by atoms with Gasteiger partial charge in [0, 0.05) is 6.42 Å². The summed E-state index contributed by atoms with van der Waals surface area (Å²) in [5, 5.41) is 2.71. The van der Waals surface area contributed by atoms with Crippen molar-refractivity contribution in [3.63, 3.8) is 0 Å². The van der Waals surface area contributed by atoms with Gasteiger partial charge in [0.15, 0.2) is 5.60 Å². The molecular formula is C22H23NO5.